The average molecular weight is 402 g/mol. The second-order valence-corrected chi connectivity index (χ2v) is 9.32. The maximum absolute atomic E-state index is 12.6. The van der Waals surface area contributed by atoms with Gasteiger partial charge in [0.25, 0.3) is 0 Å². The van der Waals surface area contributed by atoms with Crippen LogP contribution in [0.25, 0.3) is 11.3 Å². The molecule has 0 bridgehead atoms. The summed E-state index contributed by atoms with van der Waals surface area (Å²) < 4.78 is 28.6. The molecule has 0 N–H and O–H groups in total. The molecule has 0 unspecified atom stereocenters. The highest BCUT2D eigenvalue weighted by molar-refractivity contribution is 7.89. The van der Waals surface area contributed by atoms with Crippen LogP contribution in [0.2, 0.25) is 0 Å². The van der Waals surface area contributed by atoms with Gasteiger partial charge in [-0.05, 0) is 37.6 Å². The van der Waals surface area contributed by atoms with E-state index in [0.717, 1.165) is 33.9 Å². The minimum absolute atomic E-state index is 0.334. The van der Waals surface area contributed by atoms with E-state index in [4.69, 9.17) is 4.99 Å². The summed E-state index contributed by atoms with van der Waals surface area (Å²) in [6.45, 7) is 4.62. The van der Waals surface area contributed by atoms with Gasteiger partial charge in [-0.3, -0.25) is 0 Å². The van der Waals surface area contributed by atoms with Crippen molar-refractivity contribution in [1.29, 1.82) is 0 Å². The standard InChI is InChI=1S/C20H23N3O2S2/c1-5-23-18(14-26-20(23)21-17-9-7-6-8-10-17)16-12-11-15(2)19(13-16)27(24,25)22(3)4/h6-14H,5H2,1-4H3/b21-20+. The van der Waals surface area contributed by atoms with E-state index in [1.54, 1.807) is 31.5 Å². The molecule has 142 valence electrons. The molecular weight excluding hydrogens is 378 g/mol. The predicted molar refractivity (Wildman–Crippen MR) is 111 cm³/mol. The van der Waals surface area contributed by atoms with Crippen LogP contribution in [0.3, 0.4) is 0 Å². The lowest BCUT2D eigenvalue weighted by Gasteiger charge is -2.15. The summed E-state index contributed by atoms with van der Waals surface area (Å²) >= 11 is 1.55. The van der Waals surface area contributed by atoms with Gasteiger partial charge in [-0.2, -0.15) is 0 Å². The molecule has 0 aliphatic heterocycles. The number of nitrogens with zero attached hydrogens (tertiary/aromatic N) is 3. The molecular formula is C20H23N3O2S2. The predicted octanol–water partition coefficient (Wildman–Crippen LogP) is 4.03. The summed E-state index contributed by atoms with van der Waals surface area (Å²) in [6, 6.07) is 15.4. The zero-order valence-corrected chi connectivity index (χ0v) is 17.5. The molecule has 0 aliphatic carbocycles. The Hall–Kier alpha value is -2.22. The molecule has 1 aromatic heterocycles. The number of para-hydroxylation sites is 1. The topological polar surface area (TPSA) is 54.7 Å². The Bertz CT molecular complexity index is 1110. The minimum atomic E-state index is -3.50. The molecule has 3 aromatic rings. The van der Waals surface area contributed by atoms with Crippen molar-refractivity contribution in [2.45, 2.75) is 25.3 Å². The fourth-order valence-electron chi connectivity index (χ4n) is 2.80. The minimum Gasteiger partial charge on any atom is -0.317 e. The first-order chi connectivity index (χ1) is 12.8. The molecule has 7 heteroatoms. The van der Waals surface area contributed by atoms with Gasteiger partial charge in [-0.15, -0.1) is 11.3 Å². The molecule has 0 atom stereocenters. The zero-order chi connectivity index (χ0) is 19.6. The van der Waals surface area contributed by atoms with Crippen LogP contribution in [0, 0.1) is 6.92 Å². The van der Waals surface area contributed by atoms with E-state index in [2.05, 4.69) is 11.5 Å². The first kappa shape index (κ1) is 19.5. The smallest absolute Gasteiger partial charge is 0.242 e. The number of sulfonamides is 1. The molecule has 0 fully saturated rings. The number of hydrogen-bond donors (Lipinski definition) is 0. The normalized spacial score (nSPS) is 12.7. The van der Waals surface area contributed by atoms with Crippen molar-refractivity contribution in [1.82, 2.24) is 8.87 Å². The largest absolute Gasteiger partial charge is 0.317 e. The number of thiazole rings is 1. The van der Waals surface area contributed by atoms with E-state index < -0.39 is 10.0 Å². The lowest BCUT2D eigenvalue weighted by atomic mass is 10.1. The monoisotopic (exact) mass is 401 g/mol. The Morgan fingerprint density at radius 1 is 1.11 bits per heavy atom. The van der Waals surface area contributed by atoms with Crippen LogP contribution in [0.15, 0.2) is 63.8 Å². The molecule has 0 radical (unpaired) electrons. The zero-order valence-electron chi connectivity index (χ0n) is 15.9. The molecule has 0 spiro atoms. The Balaban J connectivity index is 2.15. The third-order valence-corrected chi connectivity index (χ3v) is 7.16. The summed E-state index contributed by atoms with van der Waals surface area (Å²) in [5.41, 5.74) is 3.47. The van der Waals surface area contributed by atoms with Crippen LogP contribution >= 0.6 is 11.3 Å². The molecule has 1 heterocycles. The van der Waals surface area contributed by atoms with Crippen molar-refractivity contribution in [2.24, 2.45) is 4.99 Å². The van der Waals surface area contributed by atoms with Crippen LogP contribution in [-0.2, 0) is 16.6 Å². The molecule has 3 rings (SSSR count). The molecule has 0 saturated carbocycles. The van der Waals surface area contributed by atoms with E-state index in [1.807, 2.05) is 54.8 Å². The lowest BCUT2D eigenvalue weighted by molar-refractivity contribution is 0.520. The van der Waals surface area contributed by atoms with Crippen LogP contribution in [-0.4, -0.2) is 31.4 Å². The van der Waals surface area contributed by atoms with E-state index in [9.17, 15) is 8.42 Å². The van der Waals surface area contributed by atoms with Gasteiger partial charge in [0.2, 0.25) is 10.0 Å². The fraction of sp³-hybridized carbons (Fsp3) is 0.250. The quantitative estimate of drug-likeness (QED) is 0.648. The van der Waals surface area contributed by atoms with Crippen molar-refractivity contribution in [3.05, 3.63) is 64.3 Å². The van der Waals surface area contributed by atoms with Crippen molar-refractivity contribution >= 4 is 27.0 Å². The number of aromatic nitrogens is 1. The summed E-state index contributed by atoms with van der Waals surface area (Å²) in [5.74, 6) is 0. The Morgan fingerprint density at radius 2 is 1.81 bits per heavy atom. The number of aryl methyl sites for hydroxylation is 1. The Labute approximate surface area is 164 Å². The van der Waals surface area contributed by atoms with Crippen LogP contribution in [0.1, 0.15) is 12.5 Å². The maximum Gasteiger partial charge on any atom is 0.242 e. The molecule has 0 aliphatic rings. The van der Waals surface area contributed by atoms with Gasteiger partial charge in [0, 0.05) is 31.6 Å². The highest BCUT2D eigenvalue weighted by atomic mass is 32.2. The number of rotatable bonds is 5. The van der Waals surface area contributed by atoms with E-state index in [-0.39, 0.29) is 0 Å². The van der Waals surface area contributed by atoms with Gasteiger partial charge in [0.15, 0.2) is 4.80 Å². The summed E-state index contributed by atoms with van der Waals surface area (Å²) in [7, 11) is -0.394. The summed E-state index contributed by atoms with van der Waals surface area (Å²) in [4.78, 5) is 5.95. The van der Waals surface area contributed by atoms with Gasteiger partial charge in [-0.1, -0.05) is 30.3 Å². The van der Waals surface area contributed by atoms with Crippen LogP contribution in [0.4, 0.5) is 5.69 Å². The molecule has 2 aromatic carbocycles. The van der Waals surface area contributed by atoms with Gasteiger partial charge < -0.3 is 4.57 Å². The third-order valence-electron chi connectivity index (χ3n) is 4.34. The van der Waals surface area contributed by atoms with Gasteiger partial charge in [0.05, 0.1) is 16.3 Å². The van der Waals surface area contributed by atoms with Crippen LogP contribution in [0.5, 0.6) is 0 Å². The molecule has 0 saturated heterocycles. The number of benzene rings is 2. The van der Waals surface area contributed by atoms with Crippen molar-refractivity contribution < 1.29 is 8.42 Å². The van der Waals surface area contributed by atoms with Crippen molar-refractivity contribution in [3.8, 4) is 11.3 Å². The molecule has 5 nitrogen and oxygen atoms in total. The van der Waals surface area contributed by atoms with Gasteiger partial charge >= 0.3 is 0 Å². The summed E-state index contributed by atoms with van der Waals surface area (Å²) in [5, 5.41) is 2.03. The first-order valence-corrected chi connectivity index (χ1v) is 11.0. The van der Waals surface area contributed by atoms with Gasteiger partial charge in [-0.25, -0.2) is 17.7 Å². The SMILES string of the molecule is CCn1c(-c2ccc(C)c(S(=O)(=O)N(C)C)c2)cs/c1=N/c1ccccc1. The molecule has 0 amide bonds. The third kappa shape index (κ3) is 3.90. The van der Waals surface area contributed by atoms with Crippen molar-refractivity contribution in [3.63, 3.8) is 0 Å². The number of hydrogen-bond acceptors (Lipinski definition) is 4. The van der Waals surface area contributed by atoms with E-state index in [1.165, 1.54) is 4.31 Å². The lowest BCUT2D eigenvalue weighted by Crippen LogP contribution is -2.23. The maximum atomic E-state index is 12.6. The second kappa shape index (κ2) is 7.80. The van der Waals surface area contributed by atoms with E-state index in [0.29, 0.717) is 4.90 Å². The van der Waals surface area contributed by atoms with Crippen LogP contribution < -0.4 is 4.80 Å². The Kier molecular flexibility index (Phi) is 5.64. The first-order valence-electron chi connectivity index (χ1n) is 8.66. The average Bonchev–Trinajstić information content (AvgIpc) is 3.05. The Morgan fingerprint density at radius 3 is 2.44 bits per heavy atom. The fourth-order valence-corrected chi connectivity index (χ4v) is 4.94. The molecule has 27 heavy (non-hydrogen) atoms. The highest BCUT2D eigenvalue weighted by Gasteiger charge is 2.21. The van der Waals surface area contributed by atoms with Gasteiger partial charge in [0.1, 0.15) is 0 Å². The van der Waals surface area contributed by atoms with E-state index >= 15 is 0 Å². The highest BCUT2D eigenvalue weighted by Crippen LogP contribution is 2.27. The summed E-state index contributed by atoms with van der Waals surface area (Å²) in [6.07, 6.45) is 0. The van der Waals surface area contributed by atoms with Crippen molar-refractivity contribution in [2.75, 3.05) is 14.1 Å². The second-order valence-electron chi connectivity index (χ2n) is 6.36.